The van der Waals surface area contributed by atoms with Crippen molar-refractivity contribution < 1.29 is 9.53 Å². The van der Waals surface area contributed by atoms with Crippen molar-refractivity contribution in [2.75, 3.05) is 13.1 Å². The average molecular weight is 453 g/mol. The summed E-state index contributed by atoms with van der Waals surface area (Å²) in [5.74, 6) is 0.542. The zero-order chi connectivity index (χ0) is 20.5. The van der Waals surface area contributed by atoms with Crippen molar-refractivity contribution in [3.05, 3.63) is 100 Å². The van der Waals surface area contributed by atoms with E-state index in [1.165, 1.54) is 0 Å². The minimum atomic E-state index is -0.0509. The molecule has 3 aromatic rings. The molecule has 29 heavy (non-hydrogen) atoms. The molecular formula is C24H25BrN2O2. The molecule has 150 valence electrons. The topological polar surface area (TPSA) is 55.6 Å². The van der Waals surface area contributed by atoms with Crippen LogP contribution in [0, 0.1) is 0 Å². The summed E-state index contributed by atoms with van der Waals surface area (Å²) < 4.78 is 7.00. The summed E-state index contributed by atoms with van der Waals surface area (Å²) in [4.78, 5) is 15.2. The first kappa shape index (κ1) is 21.1. The number of hydrogen-bond acceptors (Lipinski definition) is 3. The third-order valence-corrected chi connectivity index (χ3v) is 5.09. The van der Waals surface area contributed by atoms with Gasteiger partial charge in [0.05, 0.1) is 5.56 Å². The largest absolute Gasteiger partial charge is 0.488 e. The van der Waals surface area contributed by atoms with Crippen LogP contribution < -0.4 is 10.5 Å². The number of hydrogen-bond donors (Lipinski definition) is 1. The van der Waals surface area contributed by atoms with Crippen molar-refractivity contribution in [2.45, 2.75) is 19.6 Å². The van der Waals surface area contributed by atoms with Gasteiger partial charge in [0.15, 0.2) is 0 Å². The Hall–Kier alpha value is -2.63. The van der Waals surface area contributed by atoms with Crippen LogP contribution in [0.15, 0.2) is 83.3 Å². The van der Waals surface area contributed by atoms with Crippen molar-refractivity contribution in [3.8, 4) is 5.75 Å². The van der Waals surface area contributed by atoms with Crippen molar-refractivity contribution >= 4 is 21.8 Å². The van der Waals surface area contributed by atoms with Crippen LogP contribution in [-0.4, -0.2) is 23.9 Å². The number of ether oxygens (including phenoxy) is 1. The molecule has 5 heteroatoms. The van der Waals surface area contributed by atoms with Gasteiger partial charge in [-0.05, 0) is 48.4 Å². The van der Waals surface area contributed by atoms with Gasteiger partial charge in [0.1, 0.15) is 12.4 Å². The van der Waals surface area contributed by atoms with Crippen LogP contribution in [0.2, 0.25) is 0 Å². The molecule has 0 aliphatic heterocycles. The van der Waals surface area contributed by atoms with Gasteiger partial charge < -0.3 is 15.4 Å². The molecule has 0 bridgehead atoms. The van der Waals surface area contributed by atoms with Crippen LogP contribution in [0.3, 0.4) is 0 Å². The number of carbonyl (C=O) groups excluding carboxylic acids is 1. The number of rotatable bonds is 9. The zero-order valence-electron chi connectivity index (χ0n) is 16.3. The van der Waals surface area contributed by atoms with E-state index in [0.717, 1.165) is 22.0 Å². The fourth-order valence-corrected chi connectivity index (χ4v) is 3.28. The van der Waals surface area contributed by atoms with Gasteiger partial charge in [-0.25, -0.2) is 0 Å². The Morgan fingerprint density at radius 1 is 0.897 bits per heavy atom. The summed E-state index contributed by atoms with van der Waals surface area (Å²) in [5.41, 5.74) is 8.40. The normalized spacial score (nSPS) is 10.6. The summed E-state index contributed by atoms with van der Waals surface area (Å²) in [6.07, 6.45) is 0.745. The molecule has 2 N–H and O–H groups in total. The van der Waals surface area contributed by atoms with Crippen LogP contribution in [-0.2, 0) is 13.2 Å². The molecule has 3 aromatic carbocycles. The molecule has 3 rings (SSSR count). The lowest BCUT2D eigenvalue weighted by Gasteiger charge is -2.24. The number of nitrogens with zero attached hydrogens (tertiary/aromatic N) is 1. The second kappa shape index (κ2) is 10.8. The van der Waals surface area contributed by atoms with E-state index in [9.17, 15) is 4.79 Å². The highest BCUT2D eigenvalue weighted by Gasteiger charge is 2.19. The number of amides is 1. The molecular weight excluding hydrogens is 428 g/mol. The third-order valence-electron chi connectivity index (χ3n) is 4.56. The molecule has 0 radical (unpaired) electrons. The van der Waals surface area contributed by atoms with E-state index in [1.807, 2.05) is 83.8 Å². The molecule has 0 heterocycles. The van der Waals surface area contributed by atoms with Crippen molar-refractivity contribution in [2.24, 2.45) is 5.73 Å². The molecule has 0 aromatic heterocycles. The number of nitrogens with two attached hydrogens (primary N) is 1. The Labute approximate surface area is 180 Å². The second-order valence-corrected chi connectivity index (χ2v) is 7.68. The van der Waals surface area contributed by atoms with Crippen LogP contribution in [0.1, 0.15) is 27.9 Å². The Morgan fingerprint density at radius 2 is 1.59 bits per heavy atom. The first-order valence-electron chi connectivity index (χ1n) is 9.67. The summed E-state index contributed by atoms with van der Waals surface area (Å²) in [5, 5.41) is 0. The molecule has 0 atom stereocenters. The van der Waals surface area contributed by atoms with E-state index in [-0.39, 0.29) is 5.91 Å². The molecule has 4 nitrogen and oxygen atoms in total. The molecule has 0 aliphatic carbocycles. The van der Waals surface area contributed by atoms with Crippen LogP contribution in [0.4, 0.5) is 0 Å². The summed E-state index contributed by atoms with van der Waals surface area (Å²) >= 11 is 3.45. The van der Waals surface area contributed by atoms with Crippen LogP contribution >= 0.6 is 15.9 Å². The first-order valence-corrected chi connectivity index (χ1v) is 10.5. The van der Waals surface area contributed by atoms with Crippen LogP contribution in [0.25, 0.3) is 0 Å². The van der Waals surface area contributed by atoms with E-state index < -0.39 is 0 Å². The molecule has 0 saturated carbocycles. The van der Waals surface area contributed by atoms with Gasteiger partial charge in [0.2, 0.25) is 0 Å². The van der Waals surface area contributed by atoms with E-state index >= 15 is 0 Å². The maximum absolute atomic E-state index is 13.4. The fraction of sp³-hybridized carbons (Fsp3) is 0.208. The molecule has 0 fully saturated rings. The number of para-hydroxylation sites is 1. The predicted molar refractivity (Wildman–Crippen MR) is 120 cm³/mol. The Bertz CT molecular complexity index is 914. The van der Waals surface area contributed by atoms with Gasteiger partial charge >= 0.3 is 0 Å². The monoisotopic (exact) mass is 452 g/mol. The minimum absolute atomic E-state index is 0.0509. The van der Waals surface area contributed by atoms with Gasteiger partial charge in [-0.1, -0.05) is 70.5 Å². The van der Waals surface area contributed by atoms with Gasteiger partial charge in [-0.3, -0.25) is 4.79 Å². The lowest BCUT2D eigenvalue weighted by atomic mass is 10.1. The SMILES string of the molecule is NCCCN(Cc1ccc(Br)cc1)C(=O)c1ccccc1OCc1ccccc1. The van der Waals surface area contributed by atoms with E-state index in [4.69, 9.17) is 10.5 Å². The van der Waals surface area contributed by atoms with Crippen molar-refractivity contribution in [1.29, 1.82) is 0 Å². The van der Waals surface area contributed by atoms with Crippen molar-refractivity contribution in [1.82, 2.24) is 4.90 Å². The highest BCUT2D eigenvalue weighted by molar-refractivity contribution is 9.10. The highest BCUT2D eigenvalue weighted by atomic mass is 79.9. The van der Waals surface area contributed by atoms with Gasteiger partial charge in [0, 0.05) is 17.6 Å². The molecule has 0 unspecified atom stereocenters. The summed E-state index contributed by atoms with van der Waals surface area (Å²) in [6, 6.07) is 25.3. The molecule has 0 aliphatic rings. The summed E-state index contributed by atoms with van der Waals surface area (Å²) in [7, 11) is 0. The van der Waals surface area contributed by atoms with E-state index in [0.29, 0.717) is 37.6 Å². The predicted octanol–water partition coefficient (Wildman–Crippen LogP) is 5.02. The van der Waals surface area contributed by atoms with E-state index in [1.54, 1.807) is 0 Å². The molecule has 0 spiro atoms. The lowest BCUT2D eigenvalue weighted by Crippen LogP contribution is -2.32. The quantitative estimate of drug-likeness (QED) is 0.495. The minimum Gasteiger partial charge on any atom is -0.488 e. The van der Waals surface area contributed by atoms with Crippen LogP contribution in [0.5, 0.6) is 5.75 Å². The Balaban J connectivity index is 1.78. The second-order valence-electron chi connectivity index (χ2n) is 6.77. The Kier molecular flexibility index (Phi) is 7.85. The number of carbonyl (C=O) groups is 1. The highest BCUT2D eigenvalue weighted by Crippen LogP contribution is 2.23. The average Bonchev–Trinajstić information content (AvgIpc) is 2.77. The van der Waals surface area contributed by atoms with Crippen molar-refractivity contribution in [3.63, 3.8) is 0 Å². The van der Waals surface area contributed by atoms with Gasteiger partial charge in [-0.2, -0.15) is 0 Å². The zero-order valence-corrected chi connectivity index (χ0v) is 17.8. The van der Waals surface area contributed by atoms with Gasteiger partial charge in [0.25, 0.3) is 5.91 Å². The maximum Gasteiger partial charge on any atom is 0.257 e. The fourth-order valence-electron chi connectivity index (χ4n) is 3.02. The standard InChI is InChI=1S/C24H25BrN2O2/c25-21-13-11-19(12-14-21)17-27(16-6-15-26)24(28)22-9-4-5-10-23(22)29-18-20-7-2-1-3-8-20/h1-5,7-14H,6,15-18,26H2. The third kappa shape index (κ3) is 6.17. The summed E-state index contributed by atoms with van der Waals surface area (Å²) in [6.45, 7) is 2.08. The smallest absolute Gasteiger partial charge is 0.257 e. The number of benzene rings is 3. The maximum atomic E-state index is 13.4. The molecule has 1 amide bonds. The lowest BCUT2D eigenvalue weighted by molar-refractivity contribution is 0.0737. The first-order chi connectivity index (χ1) is 14.2. The van der Waals surface area contributed by atoms with E-state index in [2.05, 4.69) is 15.9 Å². The Morgan fingerprint density at radius 3 is 2.31 bits per heavy atom. The number of halogens is 1. The van der Waals surface area contributed by atoms with Gasteiger partial charge in [-0.15, -0.1) is 0 Å². The molecule has 0 saturated heterocycles.